The van der Waals surface area contributed by atoms with Gasteiger partial charge in [-0.15, -0.1) is 10.2 Å². The summed E-state index contributed by atoms with van der Waals surface area (Å²) in [4.78, 5) is 0. The number of aromatic nitrogens is 2. The average molecular weight is 343 g/mol. The maximum atomic E-state index is 6.15. The number of ether oxygens (including phenoxy) is 1. The van der Waals surface area contributed by atoms with Crippen LogP contribution in [0.15, 0.2) is 46.9 Å². The number of benzene rings is 2. The fourth-order valence-electron chi connectivity index (χ4n) is 2.44. The van der Waals surface area contributed by atoms with E-state index < -0.39 is 0 Å². The van der Waals surface area contributed by atoms with Crippen LogP contribution < -0.4 is 4.74 Å². The van der Waals surface area contributed by atoms with E-state index >= 15 is 0 Å². The number of aryl methyl sites for hydroxylation is 1. The van der Waals surface area contributed by atoms with Gasteiger partial charge in [0.05, 0.1) is 10.6 Å². The van der Waals surface area contributed by atoms with Crippen LogP contribution in [-0.2, 0) is 6.61 Å². The first-order valence-corrected chi connectivity index (χ1v) is 8.23. The third-order valence-electron chi connectivity index (χ3n) is 3.71. The predicted octanol–water partition coefficient (Wildman–Crippen LogP) is 5.40. The van der Waals surface area contributed by atoms with Crippen LogP contribution in [0.5, 0.6) is 5.75 Å². The van der Waals surface area contributed by atoms with Crippen molar-refractivity contribution in [1.82, 2.24) is 10.2 Å². The van der Waals surface area contributed by atoms with E-state index in [9.17, 15) is 0 Å². The van der Waals surface area contributed by atoms with E-state index in [4.69, 9.17) is 20.8 Å². The van der Waals surface area contributed by atoms with Crippen LogP contribution in [-0.4, -0.2) is 10.2 Å². The molecule has 1 aromatic heterocycles. The van der Waals surface area contributed by atoms with Gasteiger partial charge >= 0.3 is 0 Å². The minimum absolute atomic E-state index is 0.223. The molecule has 2 aromatic carbocycles. The van der Waals surface area contributed by atoms with E-state index in [1.807, 2.05) is 31.2 Å². The summed E-state index contributed by atoms with van der Waals surface area (Å²) in [6.45, 7) is 6.54. The van der Waals surface area contributed by atoms with E-state index in [0.717, 1.165) is 22.4 Å². The summed E-state index contributed by atoms with van der Waals surface area (Å²) in [5, 5.41) is 8.68. The second-order valence-corrected chi connectivity index (χ2v) is 6.37. The topological polar surface area (TPSA) is 48.2 Å². The standard InChI is InChI=1S/C19H19ClN2O2/c1-12(2)14-9-8-13(3)10-17(14)23-11-18-21-22-19(24-18)15-6-4-5-7-16(15)20/h4-10,12H,11H2,1-3H3. The summed E-state index contributed by atoms with van der Waals surface area (Å²) in [6, 6.07) is 13.6. The van der Waals surface area contributed by atoms with Crippen molar-refractivity contribution in [2.75, 3.05) is 0 Å². The van der Waals surface area contributed by atoms with Crippen LogP contribution in [0.25, 0.3) is 11.5 Å². The van der Waals surface area contributed by atoms with E-state index in [0.29, 0.717) is 22.7 Å². The van der Waals surface area contributed by atoms with Crippen LogP contribution in [0.2, 0.25) is 5.02 Å². The Morgan fingerprint density at radius 3 is 2.67 bits per heavy atom. The van der Waals surface area contributed by atoms with Crippen molar-refractivity contribution in [3.05, 3.63) is 64.5 Å². The molecular weight excluding hydrogens is 324 g/mol. The molecule has 0 saturated carbocycles. The molecule has 5 heteroatoms. The van der Waals surface area contributed by atoms with Gasteiger partial charge in [0.15, 0.2) is 6.61 Å². The fraction of sp³-hybridized carbons (Fsp3) is 0.263. The highest BCUT2D eigenvalue weighted by Gasteiger charge is 2.13. The van der Waals surface area contributed by atoms with Gasteiger partial charge in [-0.3, -0.25) is 0 Å². The lowest BCUT2D eigenvalue weighted by Crippen LogP contribution is -2.00. The quantitative estimate of drug-likeness (QED) is 0.622. The molecular formula is C19H19ClN2O2. The average Bonchev–Trinajstić information content (AvgIpc) is 3.02. The second kappa shape index (κ2) is 7.05. The lowest BCUT2D eigenvalue weighted by atomic mass is 10.0. The van der Waals surface area contributed by atoms with Gasteiger partial charge in [-0.1, -0.05) is 49.7 Å². The smallest absolute Gasteiger partial charge is 0.254 e. The van der Waals surface area contributed by atoms with Gasteiger partial charge in [-0.2, -0.15) is 0 Å². The van der Waals surface area contributed by atoms with Gasteiger partial charge in [-0.25, -0.2) is 0 Å². The molecule has 0 bridgehead atoms. The van der Waals surface area contributed by atoms with E-state index in [2.05, 4.69) is 36.2 Å². The molecule has 0 saturated heterocycles. The first kappa shape index (κ1) is 16.5. The van der Waals surface area contributed by atoms with Crippen molar-refractivity contribution < 1.29 is 9.15 Å². The van der Waals surface area contributed by atoms with Crippen LogP contribution in [0.3, 0.4) is 0 Å². The minimum atomic E-state index is 0.223. The molecule has 0 aliphatic heterocycles. The van der Waals surface area contributed by atoms with E-state index in [1.165, 1.54) is 0 Å². The van der Waals surface area contributed by atoms with Gasteiger partial charge in [0, 0.05) is 0 Å². The van der Waals surface area contributed by atoms with Crippen LogP contribution in [0.4, 0.5) is 0 Å². The number of halogens is 1. The van der Waals surface area contributed by atoms with E-state index in [-0.39, 0.29) is 6.61 Å². The Morgan fingerprint density at radius 1 is 1.12 bits per heavy atom. The summed E-state index contributed by atoms with van der Waals surface area (Å²) in [7, 11) is 0. The Kier molecular flexibility index (Phi) is 4.86. The molecule has 1 heterocycles. The molecule has 0 fully saturated rings. The molecule has 3 rings (SSSR count). The number of hydrogen-bond acceptors (Lipinski definition) is 4. The Hall–Kier alpha value is -2.33. The first-order valence-electron chi connectivity index (χ1n) is 7.85. The monoisotopic (exact) mass is 342 g/mol. The Labute approximate surface area is 146 Å². The molecule has 0 spiro atoms. The molecule has 24 heavy (non-hydrogen) atoms. The third kappa shape index (κ3) is 3.60. The number of nitrogens with zero attached hydrogens (tertiary/aromatic N) is 2. The minimum Gasteiger partial charge on any atom is -0.484 e. The van der Waals surface area contributed by atoms with Gasteiger partial charge in [0.25, 0.3) is 5.89 Å². The molecule has 0 N–H and O–H groups in total. The summed E-state index contributed by atoms with van der Waals surface area (Å²) >= 11 is 6.15. The highest BCUT2D eigenvalue weighted by Crippen LogP contribution is 2.29. The predicted molar refractivity (Wildman–Crippen MR) is 94.3 cm³/mol. The van der Waals surface area contributed by atoms with Gasteiger partial charge in [0.1, 0.15) is 5.75 Å². The molecule has 0 radical (unpaired) electrons. The maximum Gasteiger partial charge on any atom is 0.254 e. The molecule has 124 valence electrons. The fourth-order valence-corrected chi connectivity index (χ4v) is 2.66. The summed E-state index contributed by atoms with van der Waals surface area (Å²) in [5.74, 6) is 2.04. The highest BCUT2D eigenvalue weighted by molar-refractivity contribution is 6.33. The Bertz CT molecular complexity index is 843. The zero-order chi connectivity index (χ0) is 17.1. The van der Waals surface area contributed by atoms with Gasteiger partial charge in [-0.05, 0) is 42.2 Å². The molecule has 0 aliphatic rings. The molecule has 3 aromatic rings. The maximum absolute atomic E-state index is 6.15. The Morgan fingerprint density at radius 2 is 1.92 bits per heavy atom. The third-order valence-corrected chi connectivity index (χ3v) is 4.04. The van der Waals surface area contributed by atoms with Gasteiger partial charge in [0.2, 0.25) is 5.89 Å². The lowest BCUT2D eigenvalue weighted by Gasteiger charge is -2.13. The van der Waals surface area contributed by atoms with Crippen LogP contribution in [0, 0.1) is 6.92 Å². The number of rotatable bonds is 5. The van der Waals surface area contributed by atoms with Crippen LogP contribution in [0.1, 0.15) is 36.8 Å². The largest absolute Gasteiger partial charge is 0.484 e. The van der Waals surface area contributed by atoms with Crippen molar-refractivity contribution in [2.24, 2.45) is 0 Å². The molecule has 0 amide bonds. The van der Waals surface area contributed by atoms with Gasteiger partial charge < -0.3 is 9.15 Å². The zero-order valence-corrected chi connectivity index (χ0v) is 14.7. The molecule has 0 atom stereocenters. The SMILES string of the molecule is Cc1ccc(C(C)C)c(OCc2nnc(-c3ccccc3Cl)o2)c1. The summed E-state index contributed by atoms with van der Waals surface area (Å²) in [6.07, 6.45) is 0. The normalized spacial score (nSPS) is 11.0. The van der Waals surface area contributed by atoms with E-state index in [1.54, 1.807) is 6.07 Å². The molecule has 0 aliphatic carbocycles. The highest BCUT2D eigenvalue weighted by atomic mass is 35.5. The summed E-state index contributed by atoms with van der Waals surface area (Å²) < 4.78 is 11.6. The zero-order valence-electron chi connectivity index (χ0n) is 13.9. The van der Waals surface area contributed by atoms with Crippen LogP contribution >= 0.6 is 11.6 Å². The van der Waals surface area contributed by atoms with Crippen molar-refractivity contribution in [2.45, 2.75) is 33.3 Å². The summed E-state index contributed by atoms with van der Waals surface area (Å²) in [5.41, 5.74) is 3.03. The molecule has 4 nitrogen and oxygen atoms in total. The Balaban J connectivity index is 1.77. The van der Waals surface area contributed by atoms with Crippen molar-refractivity contribution in [1.29, 1.82) is 0 Å². The number of hydrogen-bond donors (Lipinski definition) is 0. The molecule has 0 unspecified atom stereocenters. The van der Waals surface area contributed by atoms with Crippen molar-refractivity contribution in [3.63, 3.8) is 0 Å². The second-order valence-electron chi connectivity index (χ2n) is 5.97. The first-order chi connectivity index (χ1) is 11.5. The van der Waals surface area contributed by atoms with Crippen molar-refractivity contribution in [3.8, 4) is 17.2 Å². The lowest BCUT2D eigenvalue weighted by molar-refractivity contribution is 0.261. The van der Waals surface area contributed by atoms with Crippen molar-refractivity contribution >= 4 is 11.6 Å².